The molecule has 1 N–H and O–H groups in total. The van der Waals surface area contributed by atoms with Gasteiger partial charge >= 0.3 is 0 Å². The van der Waals surface area contributed by atoms with Gasteiger partial charge in [0.15, 0.2) is 0 Å². The van der Waals surface area contributed by atoms with Crippen molar-refractivity contribution in [2.75, 3.05) is 20.3 Å². The van der Waals surface area contributed by atoms with E-state index in [1.165, 1.54) is 0 Å². The lowest BCUT2D eigenvalue weighted by Crippen LogP contribution is -2.64. The Balaban J connectivity index is 1.000. The van der Waals surface area contributed by atoms with Gasteiger partial charge in [0, 0.05) is 6.42 Å². The molecule has 10 atom stereocenters. The number of hydrogen-bond acceptors (Lipinski definition) is 11. The molecule has 0 aliphatic carbocycles. The van der Waals surface area contributed by atoms with Gasteiger partial charge in [-0.2, -0.15) is 0 Å². The second-order valence-corrected chi connectivity index (χ2v) is 21.9. The maximum Gasteiger partial charge on any atom is 0.143 e. The van der Waals surface area contributed by atoms with Crippen molar-refractivity contribution in [1.29, 1.82) is 0 Å². The Bertz CT molecular complexity index is 3290. The quantitative estimate of drug-likeness (QED) is 0.0473. The van der Waals surface area contributed by atoms with Gasteiger partial charge in [-0.05, 0) is 62.2 Å². The van der Waals surface area contributed by atoms with Crippen molar-refractivity contribution in [2.45, 2.75) is 113 Å². The van der Waals surface area contributed by atoms with E-state index in [0.717, 1.165) is 50.1 Å². The lowest BCUT2D eigenvalue weighted by Gasteiger charge is -2.49. The molecule has 2 aliphatic heterocycles. The van der Waals surface area contributed by atoms with Crippen molar-refractivity contribution < 1.29 is 52.5 Å². The van der Waals surface area contributed by atoms with Crippen LogP contribution in [0.3, 0.4) is 0 Å². The molecule has 11 heteroatoms. The normalized spacial score (nSPS) is 22.3. The average molecular weight is 1150 g/mol. The van der Waals surface area contributed by atoms with Gasteiger partial charge in [-0.15, -0.1) is 0 Å². The number of aliphatic hydroxyl groups excluding tert-OH is 1. The Kier molecular flexibility index (Phi) is 21.4. The standard InChI is InChI=1S/C75H76O11/c1-77-64-44-42-63(43-45-64)75(61-38-22-8-23-39-61,62-40-24-9-25-41-62)84-54-68-71(80-49-57-30-14-4-15-31-57)73(82-51-59-34-18-6-19-35-59)69(76)65(85-68)46-66-70(79-48-56-28-12-3-13-29-56)74(83-52-60-36-20-7-21-37-60)72(81-50-58-32-16-5-17-33-58)67(86-66)53-78-47-55-26-10-2-11-27-55/h2-45,65-74,76H,46-54H2,1H3/t65-,66+,67-,68-,69+,70+,71-,72-,73-,74-/m1/s1. The van der Waals surface area contributed by atoms with Gasteiger partial charge in [0.05, 0.1) is 72.2 Å². The summed E-state index contributed by atoms with van der Waals surface area (Å²) in [5, 5.41) is 13.3. The van der Waals surface area contributed by atoms with E-state index >= 15 is 0 Å². The highest BCUT2D eigenvalue weighted by atomic mass is 16.6. The number of benzene rings is 9. The highest BCUT2D eigenvalue weighted by Gasteiger charge is 2.53. The van der Waals surface area contributed by atoms with E-state index in [1.54, 1.807) is 7.11 Å². The summed E-state index contributed by atoms with van der Waals surface area (Å²) in [5.41, 5.74) is 7.39. The summed E-state index contributed by atoms with van der Waals surface area (Å²) in [6.45, 7) is 1.71. The third-order valence-corrected chi connectivity index (χ3v) is 16.1. The number of hydrogen-bond donors (Lipinski definition) is 1. The summed E-state index contributed by atoms with van der Waals surface area (Å²) in [6.07, 6.45) is -8.21. The van der Waals surface area contributed by atoms with E-state index < -0.39 is 66.6 Å². The van der Waals surface area contributed by atoms with E-state index in [-0.39, 0.29) is 52.7 Å². The van der Waals surface area contributed by atoms with Crippen molar-refractivity contribution in [1.82, 2.24) is 0 Å². The number of rotatable bonds is 28. The molecular formula is C75H76O11. The fraction of sp³-hybridized carbons (Fsp3) is 0.280. The first kappa shape index (κ1) is 60.1. The Hall–Kier alpha value is -7.62. The maximum atomic E-state index is 13.3. The van der Waals surface area contributed by atoms with E-state index in [4.69, 9.17) is 47.4 Å². The van der Waals surface area contributed by atoms with Crippen LogP contribution in [0.2, 0.25) is 0 Å². The van der Waals surface area contributed by atoms with Crippen LogP contribution in [0.25, 0.3) is 0 Å². The van der Waals surface area contributed by atoms with Crippen molar-refractivity contribution >= 4 is 0 Å². The van der Waals surface area contributed by atoms with Crippen LogP contribution in [0.1, 0.15) is 56.5 Å². The zero-order chi connectivity index (χ0) is 58.6. The molecule has 0 bridgehead atoms. The number of methoxy groups -OCH3 is 1. The first-order chi connectivity index (χ1) is 42.5. The molecule has 2 heterocycles. The van der Waals surface area contributed by atoms with Crippen molar-refractivity contribution in [3.05, 3.63) is 317 Å². The molecule has 0 aromatic heterocycles. The minimum Gasteiger partial charge on any atom is -0.497 e. The topological polar surface area (TPSA) is 113 Å². The molecule has 0 saturated carbocycles. The fourth-order valence-electron chi connectivity index (χ4n) is 11.7. The summed E-state index contributed by atoms with van der Waals surface area (Å²) in [5.74, 6) is 0.715. The summed E-state index contributed by atoms with van der Waals surface area (Å²) < 4.78 is 70.4. The van der Waals surface area contributed by atoms with E-state index in [9.17, 15) is 5.11 Å². The van der Waals surface area contributed by atoms with Crippen molar-refractivity contribution in [2.24, 2.45) is 0 Å². The Morgan fingerprint density at radius 2 is 0.640 bits per heavy atom. The zero-order valence-electron chi connectivity index (χ0n) is 48.6. The first-order valence-corrected chi connectivity index (χ1v) is 29.8. The molecule has 2 saturated heterocycles. The molecule has 0 radical (unpaired) electrons. The van der Waals surface area contributed by atoms with E-state index in [2.05, 4.69) is 36.4 Å². The number of aliphatic hydroxyl groups is 1. The second kappa shape index (κ2) is 30.6. The predicted molar refractivity (Wildman–Crippen MR) is 331 cm³/mol. The SMILES string of the molecule is COc1ccc(C(OC[C@H]2O[C@H](C[C@@H]3O[C@H](COCc4ccccc4)[C@@H](OCc4ccccc4)[C@H](OCc4ccccc4)[C@H]3OCc3ccccc3)[C@H](O)[C@@H](OCc3ccccc3)[C@@H]2OCc2ccccc2)(c2ccccc2)c2ccccc2)cc1. The zero-order valence-corrected chi connectivity index (χ0v) is 48.6. The average Bonchev–Trinajstić information content (AvgIpc) is 2.13. The molecule has 9 aromatic carbocycles. The van der Waals surface area contributed by atoms with Gasteiger partial charge in [0.2, 0.25) is 0 Å². The highest BCUT2D eigenvalue weighted by Crippen LogP contribution is 2.43. The van der Waals surface area contributed by atoms with Crippen molar-refractivity contribution in [3.8, 4) is 5.75 Å². The summed E-state index contributed by atoms with van der Waals surface area (Å²) in [6, 6.07) is 88.8. The Labute approximate surface area is 505 Å². The maximum absolute atomic E-state index is 13.3. The van der Waals surface area contributed by atoms with Crippen LogP contribution in [0.5, 0.6) is 5.75 Å². The molecule has 9 aromatic rings. The second-order valence-electron chi connectivity index (χ2n) is 21.9. The summed E-state index contributed by atoms with van der Waals surface area (Å²) in [4.78, 5) is 0. The largest absolute Gasteiger partial charge is 0.497 e. The van der Waals surface area contributed by atoms with Crippen LogP contribution >= 0.6 is 0 Å². The van der Waals surface area contributed by atoms with Crippen LogP contribution < -0.4 is 4.74 Å². The first-order valence-electron chi connectivity index (χ1n) is 29.8. The third kappa shape index (κ3) is 15.5. The lowest BCUT2D eigenvalue weighted by molar-refractivity contribution is -0.295. The number of ether oxygens (including phenoxy) is 10. The molecule has 2 aliphatic rings. The lowest BCUT2D eigenvalue weighted by atomic mass is 9.80. The minimum absolute atomic E-state index is 0.00267. The van der Waals surface area contributed by atoms with Gasteiger partial charge in [-0.25, -0.2) is 0 Å². The monoisotopic (exact) mass is 1150 g/mol. The molecule has 11 nitrogen and oxygen atoms in total. The molecule has 86 heavy (non-hydrogen) atoms. The highest BCUT2D eigenvalue weighted by molar-refractivity contribution is 5.49. The smallest absolute Gasteiger partial charge is 0.143 e. The molecule has 442 valence electrons. The van der Waals surface area contributed by atoms with Gasteiger partial charge in [0.1, 0.15) is 60.2 Å². The Morgan fingerprint density at radius 1 is 0.326 bits per heavy atom. The van der Waals surface area contributed by atoms with Crippen LogP contribution in [0.4, 0.5) is 0 Å². The summed E-state index contributed by atoms with van der Waals surface area (Å²) >= 11 is 0. The van der Waals surface area contributed by atoms with E-state index in [1.807, 2.05) is 231 Å². The van der Waals surface area contributed by atoms with Crippen LogP contribution in [0.15, 0.2) is 267 Å². The van der Waals surface area contributed by atoms with Gasteiger partial charge in [-0.3, -0.25) is 0 Å². The van der Waals surface area contributed by atoms with Crippen LogP contribution in [-0.4, -0.2) is 86.5 Å². The molecule has 11 rings (SSSR count). The van der Waals surface area contributed by atoms with Crippen LogP contribution in [-0.2, 0) is 87.9 Å². The third-order valence-electron chi connectivity index (χ3n) is 16.1. The van der Waals surface area contributed by atoms with E-state index in [0.29, 0.717) is 12.4 Å². The molecule has 2 fully saturated rings. The van der Waals surface area contributed by atoms with Crippen molar-refractivity contribution in [3.63, 3.8) is 0 Å². The molecule has 0 spiro atoms. The van der Waals surface area contributed by atoms with Gasteiger partial charge in [0.25, 0.3) is 0 Å². The predicted octanol–water partition coefficient (Wildman–Crippen LogP) is 13.4. The minimum atomic E-state index is -1.24. The molecule has 0 unspecified atom stereocenters. The van der Waals surface area contributed by atoms with Crippen LogP contribution in [0, 0.1) is 0 Å². The molecule has 0 amide bonds. The van der Waals surface area contributed by atoms with Gasteiger partial charge in [-0.1, -0.05) is 255 Å². The molecular weight excluding hydrogens is 1080 g/mol. The Morgan fingerprint density at radius 3 is 1.05 bits per heavy atom. The van der Waals surface area contributed by atoms with Gasteiger partial charge < -0.3 is 52.5 Å². The fourth-order valence-corrected chi connectivity index (χ4v) is 11.7. The summed E-state index contributed by atoms with van der Waals surface area (Å²) in [7, 11) is 1.66.